The van der Waals surface area contributed by atoms with E-state index in [2.05, 4.69) is 33.4 Å². The van der Waals surface area contributed by atoms with Crippen LogP contribution in [0, 0.1) is 0 Å². The fourth-order valence-corrected chi connectivity index (χ4v) is 4.76. The third kappa shape index (κ3) is 7.05. The minimum atomic E-state index is 0.384. The number of benzene rings is 2. The van der Waals surface area contributed by atoms with Gasteiger partial charge in [0.2, 0.25) is 0 Å². The molecule has 1 aliphatic rings. The summed E-state index contributed by atoms with van der Waals surface area (Å²) >= 11 is 15.8. The van der Waals surface area contributed by atoms with Gasteiger partial charge in [-0.25, -0.2) is 0 Å². The number of hydrogen-bond donors (Lipinski definition) is 1. The molecule has 0 atom stereocenters. The van der Waals surface area contributed by atoms with Crippen molar-refractivity contribution in [3.05, 3.63) is 56.0 Å². The molecule has 1 saturated carbocycles. The van der Waals surface area contributed by atoms with Gasteiger partial charge in [0.1, 0.15) is 6.61 Å². The Morgan fingerprint density at radius 3 is 2.37 bits per heavy atom. The van der Waals surface area contributed by atoms with E-state index in [4.69, 9.17) is 32.7 Å². The average Bonchev–Trinajstić information content (AvgIpc) is 2.69. The Morgan fingerprint density at radius 2 is 1.67 bits per heavy atom. The van der Waals surface area contributed by atoms with Crippen molar-refractivity contribution in [2.24, 2.45) is 0 Å². The number of rotatable bonds is 8. The molecule has 1 N–H and O–H groups in total. The molecule has 0 radical (unpaired) electrons. The maximum Gasteiger partial charge on any atom is 0.175 e. The van der Waals surface area contributed by atoms with Crippen LogP contribution in [0.4, 0.5) is 0 Å². The van der Waals surface area contributed by atoms with E-state index in [9.17, 15) is 0 Å². The van der Waals surface area contributed by atoms with Gasteiger partial charge in [-0.05, 0) is 71.1 Å². The zero-order chi connectivity index (χ0) is 21.3. The van der Waals surface area contributed by atoms with E-state index in [1.54, 1.807) is 6.07 Å². The van der Waals surface area contributed by atoms with Crippen molar-refractivity contribution in [1.82, 2.24) is 5.32 Å². The van der Waals surface area contributed by atoms with Crippen molar-refractivity contribution in [3.8, 4) is 11.5 Å². The second-order valence-corrected chi connectivity index (χ2v) is 9.47. The van der Waals surface area contributed by atoms with E-state index in [1.807, 2.05) is 19.1 Å². The molecule has 0 saturated heterocycles. The lowest BCUT2D eigenvalue weighted by molar-refractivity contribution is 0.267. The maximum absolute atomic E-state index is 6.12. The van der Waals surface area contributed by atoms with Crippen molar-refractivity contribution >= 4 is 39.1 Å². The predicted molar refractivity (Wildman–Crippen MR) is 129 cm³/mol. The molecular formula is C24H30BrCl2NO2. The second-order valence-electron chi connectivity index (χ2n) is 7.80. The SMILES string of the molecule is CCOc1cc(CNC2CCCCCCC2)cc(Br)c1OCc1ccc(Cl)c(Cl)c1. The van der Waals surface area contributed by atoms with Crippen LogP contribution in [0.1, 0.15) is 63.0 Å². The molecule has 164 valence electrons. The van der Waals surface area contributed by atoms with E-state index in [0.29, 0.717) is 35.1 Å². The summed E-state index contributed by atoms with van der Waals surface area (Å²) < 4.78 is 12.9. The van der Waals surface area contributed by atoms with Crippen molar-refractivity contribution in [1.29, 1.82) is 0 Å². The zero-order valence-corrected chi connectivity index (χ0v) is 20.6. The lowest BCUT2D eigenvalue weighted by Crippen LogP contribution is -2.29. The number of nitrogens with one attached hydrogen (secondary N) is 1. The lowest BCUT2D eigenvalue weighted by atomic mass is 9.96. The molecule has 0 unspecified atom stereocenters. The van der Waals surface area contributed by atoms with Gasteiger partial charge in [-0.3, -0.25) is 0 Å². The number of halogens is 3. The average molecular weight is 515 g/mol. The van der Waals surface area contributed by atoms with Crippen LogP contribution < -0.4 is 14.8 Å². The monoisotopic (exact) mass is 513 g/mol. The Labute approximate surface area is 198 Å². The van der Waals surface area contributed by atoms with E-state index in [1.165, 1.54) is 50.5 Å². The highest BCUT2D eigenvalue weighted by atomic mass is 79.9. The van der Waals surface area contributed by atoms with E-state index in [-0.39, 0.29) is 0 Å². The second kappa shape index (κ2) is 12.2. The van der Waals surface area contributed by atoms with Gasteiger partial charge < -0.3 is 14.8 Å². The summed E-state index contributed by atoms with van der Waals surface area (Å²) in [5.41, 5.74) is 2.14. The first-order valence-electron chi connectivity index (χ1n) is 10.8. The predicted octanol–water partition coefficient (Wildman–Crippen LogP) is 7.94. The highest BCUT2D eigenvalue weighted by molar-refractivity contribution is 9.10. The molecule has 3 rings (SSSR count). The Balaban J connectivity index is 1.67. The molecule has 0 heterocycles. The third-order valence-corrected chi connectivity index (χ3v) is 6.76. The lowest BCUT2D eigenvalue weighted by Gasteiger charge is -2.22. The Kier molecular flexibility index (Phi) is 9.64. The van der Waals surface area contributed by atoms with Crippen molar-refractivity contribution in [3.63, 3.8) is 0 Å². The number of hydrogen-bond acceptors (Lipinski definition) is 3. The molecule has 1 fully saturated rings. The Morgan fingerprint density at radius 1 is 0.933 bits per heavy atom. The van der Waals surface area contributed by atoms with Gasteiger partial charge in [0.05, 0.1) is 21.1 Å². The zero-order valence-electron chi connectivity index (χ0n) is 17.5. The standard InChI is InChI=1S/C24H30BrCl2NO2/c1-2-29-23-14-18(15-28-19-8-6-4-3-5-7-9-19)12-20(25)24(23)30-16-17-10-11-21(26)22(27)13-17/h10-14,19,28H,2-9,15-16H2,1H3. The first-order valence-corrected chi connectivity index (χ1v) is 12.4. The van der Waals surface area contributed by atoms with E-state index >= 15 is 0 Å². The van der Waals surface area contributed by atoms with Crippen LogP contribution in [0.5, 0.6) is 11.5 Å². The first kappa shape index (κ1) is 23.7. The molecule has 0 bridgehead atoms. The smallest absolute Gasteiger partial charge is 0.175 e. The maximum atomic E-state index is 6.12. The fourth-order valence-electron chi connectivity index (χ4n) is 3.83. The Bertz CT molecular complexity index is 823. The van der Waals surface area contributed by atoms with Crippen LogP contribution in [-0.2, 0) is 13.2 Å². The fraction of sp³-hybridized carbons (Fsp3) is 0.500. The van der Waals surface area contributed by atoms with Gasteiger partial charge in [-0.15, -0.1) is 0 Å². The molecule has 30 heavy (non-hydrogen) atoms. The van der Waals surface area contributed by atoms with Crippen LogP contribution in [-0.4, -0.2) is 12.6 Å². The summed E-state index contributed by atoms with van der Waals surface area (Å²) in [5.74, 6) is 1.46. The van der Waals surface area contributed by atoms with Gasteiger partial charge in [0.25, 0.3) is 0 Å². The third-order valence-electron chi connectivity index (χ3n) is 5.44. The topological polar surface area (TPSA) is 30.5 Å². The highest BCUT2D eigenvalue weighted by Gasteiger charge is 2.15. The molecule has 0 aromatic heterocycles. The van der Waals surface area contributed by atoms with Gasteiger partial charge in [0.15, 0.2) is 11.5 Å². The molecule has 3 nitrogen and oxygen atoms in total. The molecule has 6 heteroatoms. The van der Waals surface area contributed by atoms with Crippen LogP contribution >= 0.6 is 39.1 Å². The van der Waals surface area contributed by atoms with Crippen LogP contribution in [0.3, 0.4) is 0 Å². The van der Waals surface area contributed by atoms with Crippen molar-refractivity contribution < 1.29 is 9.47 Å². The van der Waals surface area contributed by atoms with Crippen LogP contribution in [0.15, 0.2) is 34.8 Å². The van der Waals surface area contributed by atoms with Crippen molar-refractivity contribution in [2.75, 3.05) is 6.61 Å². The summed E-state index contributed by atoms with van der Waals surface area (Å²) in [7, 11) is 0. The first-order chi connectivity index (χ1) is 14.6. The normalized spacial score (nSPS) is 15.5. The quantitative estimate of drug-likeness (QED) is 0.387. The number of ether oxygens (including phenoxy) is 2. The van der Waals surface area contributed by atoms with Crippen LogP contribution in [0.25, 0.3) is 0 Å². The van der Waals surface area contributed by atoms with Gasteiger partial charge >= 0.3 is 0 Å². The van der Waals surface area contributed by atoms with E-state index in [0.717, 1.165) is 22.3 Å². The molecule has 2 aromatic rings. The van der Waals surface area contributed by atoms with Crippen molar-refractivity contribution in [2.45, 2.75) is 71.1 Å². The molecule has 2 aromatic carbocycles. The summed E-state index contributed by atoms with van der Waals surface area (Å²) in [4.78, 5) is 0. The van der Waals surface area contributed by atoms with E-state index < -0.39 is 0 Å². The summed E-state index contributed by atoms with van der Waals surface area (Å²) in [5, 5.41) is 4.81. The van der Waals surface area contributed by atoms with Gasteiger partial charge in [-0.2, -0.15) is 0 Å². The molecule has 0 amide bonds. The largest absolute Gasteiger partial charge is 0.490 e. The summed E-state index contributed by atoms with van der Waals surface area (Å²) in [6, 6.07) is 10.3. The molecular weight excluding hydrogens is 485 g/mol. The Hall–Kier alpha value is -0.940. The summed E-state index contributed by atoms with van der Waals surface area (Å²) in [6.45, 7) is 3.77. The van der Waals surface area contributed by atoms with Crippen LogP contribution in [0.2, 0.25) is 10.0 Å². The molecule has 0 aliphatic heterocycles. The molecule has 0 spiro atoms. The van der Waals surface area contributed by atoms with Gasteiger partial charge in [0, 0.05) is 12.6 Å². The highest BCUT2D eigenvalue weighted by Crippen LogP contribution is 2.38. The minimum Gasteiger partial charge on any atom is -0.490 e. The molecule has 1 aliphatic carbocycles. The van der Waals surface area contributed by atoms with Gasteiger partial charge in [-0.1, -0.05) is 61.4 Å². The summed E-state index contributed by atoms with van der Waals surface area (Å²) in [6.07, 6.45) is 9.31. The minimum absolute atomic E-state index is 0.384.